The van der Waals surface area contributed by atoms with Crippen molar-refractivity contribution in [2.24, 2.45) is 5.73 Å². The molecule has 1 rings (SSSR count). The fourth-order valence-corrected chi connectivity index (χ4v) is 1.89. The maximum absolute atomic E-state index is 12.2. The number of carbonyl (C=O) groups excluding carboxylic acids is 1. The number of alkyl halides is 3. The highest BCUT2D eigenvalue weighted by Crippen LogP contribution is 2.29. The van der Waals surface area contributed by atoms with Crippen molar-refractivity contribution >= 4 is 16.1 Å². The van der Waals surface area contributed by atoms with Gasteiger partial charge in [0, 0.05) is 0 Å². The highest BCUT2D eigenvalue weighted by atomic mass is 32.2. The Morgan fingerprint density at radius 1 is 1.22 bits per heavy atom. The van der Waals surface area contributed by atoms with Crippen LogP contribution in [-0.4, -0.2) is 20.9 Å². The molecule has 0 fully saturated rings. The molecule has 0 aliphatic rings. The molecule has 0 saturated heterocycles. The number of rotatable bonds is 3. The van der Waals surface area contributed by atoms with E-state index in [4.69, 9.17) is 5.73 Å². The topological polar surface area (TPSA) is 86.5 Å². The van der Waals surface area contributed by atoms with E-state index in [-0.39, 0.29) is 0 Å². The second kappa shape index (κ2) is 4.94. The second-order valence-corrected chi connectivity index (χ2v) is 4.68. The van der Waals surface area contributed by atoms with Crippen molar-refractivity contribution in [3.8, 4) is 0 Å². The molecule has 18 heavy (non-hydrogen) atoms. The summed E-state index contributed by atoms with van der Waals surface area (Å²) in [5.74, 6) is -1.20. The molecule has 0 aliphatic heterocycles. The summed E-state index contributed by atoms with van der Waals surface area (Å²) in [5, 5.41) is 0. The molecule has 0 heterocycles. The van der Waals surface area contributed by atoms with Gasteiger partial charge in [-0.2, -0.15) is 21.6 Å². The van der Waals surface area contributed by atoms with Crippen molar-refractivity contribution in [3.05, 3.63) is 29.8 Å². The zero-order valence-corrected chi connectivity index (χ0v) is 9.59. The van der Waals surface area contributed by atoms with Crippen LogP contribution < -0.4 is 5.73 Å². The minimum atomic E-state index is -4.57. The third-order valence-electron chi connectivity index (χ3n) is 1.84. The molecule has 2 N–H and O–H groups in total. The van der Waals surface area contributed by atoms with E-state index in [1.807, 2.05) is 0 Å². The second-order valence-electron chi connectivity index (χ2n) is 3.14. The van der Waals surface area contributed by atoms with Gasteiger partial charge in [-0.3, -0.25) is 0 Å². The van der Waals surface area contributed by atoms with Crippen LogP contribution in [0.1, 0.15) is 5.56 Å². The lowest BCUT2D eigenvalue weighted by Crippen LogP contribution is -2.21. The predicted octanol–water partition coefficient (Wildman–Crippen LogP) is 0.896. The molecule has 0 aromatic heterocycles. The lowest BCUT2D eigenvalue weighted by atomic mass is 10.2. The van der Waals surface area contributed by atoms with Gasteiger partial charge in [-0.25, -0.2) is 4.79 Å². The van der Waals surface area contributed by atoms with Crippen LogP contribution in [0.3, 0.4) is 0 Å². The van der Waals surface area contributed by atoms with Gasteiger partial charge in [0.1, 0.15) is 4.90 Å². The zero-order valence-electron chi connectivity index (χ0n) is 8.77. The molecule has 0 aliphatic carbocycles. The summed E-state index contributed by atoms with van der Waals surface area (Å²) >= 11 is 0. The van der Waals surface area contributed by atoms with E-state index in [1.54, 1.807) is 0 Å². The maximum Gasteiger partial charge on any atom is 0.416 e. The Balaban J connectivity index is 3.02. The highest BCUT2D eigenvalue weighted by molar-refractivity contribution is 7.87. The van der Waals surface area contributed by atoms with Gasteiger partial charge in [-0.1, -0.05) is 0 Å². The molecule has 5 nitrogen and oxygen atoms in total. The standard InChI is InChI=1S/C9H8F3NO4S/c10-9(11,12)6-1-3-7(4-2-6)18(15,16)17-8(14)5-13/h1-4H,5,13H2. The van der Waals surface area contributed by atoms with Crippen LogP contribution >= 0.6 is 0 Å². The van der Waals surface area contributed by atoms with Gasteiger partial charge in [-0.15, -0.1) is 0 Å². The van der Waals surface area contributed by atoms with Crippen LogP contribution in [0.15, 0.2) is 29.2 Å². The first-order valence-electron chi connectivity index (χ1n) is 4.51. The van der Waals surface area contributed by atoms with E-state index in [0.717, 1.165) is 0 Å². The van der Waals surface area contributed by atoms with Crippen LogP contribution in [0.25, 0.3) is 0 Å². The molecular weight excluding hydrogens is 275 g/mol. The molecule has 0 bridgehead atoms. The van der Waals surface area contributed by atoms with Crippen LogP contribution in [0.4, 0.5) is 13.2 Å². The fraction of sp³-hybridized carbons (Fsp3) is 0.222. The lowest BCUT2D eigenvalue weighted by molar-refractivity contribution is -0.137. The van der Waals surface area contributed by atoms with E-state index >= 15 is 0 Å². The molecule has 0 unspecified atom stereocenters. The number of halogens is 3. The summed E-state index contributed by atoms with van der Waals surface area (Å²) in [6.45, 7) is -0.653. The van der Waals surface area contributed by atoms with Crippen LogP contribution in [0.2, 0.25) is 0 Å². The molecule has 1 aromatic carbocycles. The molecule has 0 atom stereocenters. The van der Waals surface area contributed by atoms with Crippen molar-refractivity contribution in [1.82, 2.24) is 0 Å². The van der Waals surface area contributed by atoms with Gasteiger partial charge in [0.2, 0.25) is 0 Å². The Morgan fingerprint density at radius 3 is 2.11 bits per heavy atom. The van der Waals surface area contributed by atoms with Crippen molar-refractivity contribution in [1.29, 1.82) is 0 Å². The van der Waals surface area contributed by atoms with Gasteiger partial charge < -0.3 is 9.92 Å². The third kappa shape index (κ3) is 3.44. The normalized spacial score (nSPS) is 12.2. The summed E-state index contributed by atoms with van der Waals surface area (Å²) < 4.78 is 63.5. The molecule has 0 radical (unpaired) electrons. The smallest absolute Gasteiger partial charge is 0.341 e. The Bertz CT molecular complexity index is 536. The van der Waals surface area contributed by atoms with E-state index in [2.05, 4.69) is 4.18 Å². The lowest BCUT2D eigenvalue weighted by Gasteiger charge is -2.08. The third-order valence-corrected chi connectivity index (χ3v) is 3.09. The molecule has 0 saturated carbocycles. The zero-order chi connectivity index (χ0) is 14.0. The van der Waals surface area contributed by atoms with Gasteiger partial charge in [0.05, 0.1) is 12.1 Å². The summed E-state index contributed by atoms with van der Waals surface area (Å²) in [4.78, 5) is 10.2. The van der Waals surface area contributed by atoms with Gasteiger partial charge in [0.15, 0.2) is 0 Å². The first kappa shape index (κ1) is 14.5. The average Bonchev–Trinajstić information content (AvgIpc) is 2.27. The number of nitrogens with two attached hydrogens (primary N) is 1. The molecule has 0 amide bonds. The molecule has 1 aromatic rings. The van der Waals surface area contributed by atoms with E-state index in [0.29, 0.717) is 24.3 Å². The summed E-state index contributed by atoms with van der Waals surface area (Å²) in [6.07, 6.45) is -4.57. The SMILES string of the molecule is NCC(=O)OS(=O)(=O)c1ccc(C(F)(F)F)cc1. The Labute approximate surface area is 100 Å². The number of hydrogen-bond donors (Lipinski definition) is 1. The van der Waals surface area contributed by atoms with Crippen molar-refractivity contribution in [2.45, 2.75) is 11.1 Å². The quantitative estimate of drug-likeness (QED) is 0.833. The number of benzene rings is 1. The largest absolute Gasteiger partial charge is 0.416 e. The molecule has 100 valence electrons. The highest BCUT2D eigenvalue weighted by Gasteiger charge is 2.31. The Morgan fingerprint density at radius 2 is 1.72 bits per heavy atom. The summed E-state index contributed by atoms with van der Waals surface area (Å²) in [7, 11) is -4.43. The maximum atomic E-state index is 12.2. The fourth-order valence-electron chi connectivity index (χ4n) is 1.02. The minimum Gasteiger partial charge on any atom is -0.341 e. The van der Waals surface area contributed by atoms with E-state index < -0.39 is 39.3 Å². The van der Waals surface area contributed by atoms with Crippen molar-refractivity contribution in [2.75, 3.05) is 6.54 Å². The first-order chi connectivity index (χ1) is 8.16. The average molecular weight is 283 g/mol. The first-order valence-corrected chi connectivity index (χ1v) is 5.92. The number of carbonyl (C=O) groups is 1. The summed E-state index contributed by atoms with van der Waals surface area (Å²) in [5.41, 5.74) is 3.84. The number of hydrogen-bond acceptors (Lipinski definition) is 5. The van der Waals surface area contributed by atoms with Crippen LogP contribution in [-0.2, 0) is 25.3 Å². The monoisotopic (exact) mass is 283 g/mol. The van der Waals surface area contributed by atoms with Crippen LogP contribution in [0.5, 0.6) is 0 Å². The summed E-state index contributed by atoms with van der Waals surface area (Å²) in [6, 6.07) is 2.54. The van der Waals surface area contributed by atoms with E-state index in [9.17, 15) is 26.4 Å². The molecular formula is C9H8F3NO4S. The Hall–Kier alpha value is -1.61. The van der Waals surface area contributed by atoms with Gasteiger partial charge >= 0.3 is 22.3 Å². The Kier molecular flexibility index (Phi) is 3.97. The molecule has 0 spiro atoms. The van der Waals surface area contributed by atoms with Gasteiger partial charge in [0.25, 0.3) is 0 Å². The minimum absolute atomic E-state index is 0.558. The molecule has 9 heteroatoms. The van der Waals surface area contributed by atoms with Crippen molar-refractivity contribution < 1.29 is 30.6 Å². The van der Waals surface area contributed by atoms with E-state index in [1.165, 1.54) is 0 Å². The van der Waals surface area contributed by atoms with Gasteiger partial charge in [-0.05, 0) is 24.3 Å². The van der Waals surface area contributed by atoms with Crippen LogP contribution in [0, 0.1) is 0 Å². The van der Waals surface area contributed by atoms with Crippen molar-refractivity contribution in [3.63, 3.8) is 0 Å². The predicted molar refractivity (Wildman–Crippen MR) is 53.8 cm³/mol.